The zero-order chi connectivity index (χ0) is 12.8. The summed E-state index contributed by atoms with van der Waals surface area (Å²) in [5.74, 6) is 0.299. The lowest BCUT2D eigenvalue weighted by atomic mass is 10.4. The molecule has 0 saturated carbocycles. The molecule has 0 amide bonds. The van der Waals surface area contributed by atoms with Gasteiger partial charge >= 0.3 is 0 Å². The van der Waals surface area contributed by atoms with Gasteiger partial charge in [0.25, 0.3) is 0 Å². The number of nitrogens with one attached hydrogen (secondary N) is 4. The van der Waals surface area contributed by atoms with Gasteiger partial charge in [0.1, 0.15) is 0 Å². The molecule has 0 aliphatic carbocycles. The summed E-state index contributed by atoms with van der Waals surface area (Å²) in [6.07, 6.45) is 0. The lowest BCUT2D eigenvalue weighted by molar-refractivity contribution is 0.346. The standard InChI is InChI=1S/C10H20N8/c11-9(17-5-1-13-2-6-17)15-16-10(12)18-7-3-14-4-8-18/h11-14H,1-8H2. The van der Waals surface area contributed by atoms with E-state index in [1.54, 1.807) is 0 Å². The summed E-state index contributed by atoms with van der Waals surface area (Å²) in [6.45, 7) is 6.58. The highest BCUT2D eigenvalue weighted by atomic mass is 15.4. The molecule has 4 N–H and O–H groups in total. The quantitative estimate of drug-likeness (QED) is 0.255. The number of piperazine rings is 2. The minimum atomic E-state index is 0.149. The van der Waals surface area contributed by atoms with Crippen molar-refractivity contribution in [3.8, 4) is 0 Å². The zero-order valence-electron chi connectivity index (χ0n) is 10.4. The van der Waals surface area contributed by atoms with Gasteiger partial charge in [0.2, 0.25) is 11.9 Å². The third-order valence-electron chi connectivity index (χ3n) is 3.07. The first-order valence-electron chi connectivity index (χ1n) is 6.27. The Morgan fingerprint density at radius 2 is 1.06 bits per heavy atom. The molecule has 100 valence electrons. The lowest BCUT2D eigenvalue weighted by Gasteiger charge is -2.28. The first kappa shape index (κ1) is 12.9. The second-order valence-electron chi connectivity index (χ2n) is 4.32. The second-order valence-corrected chi connectivity index (χ2v) is 4.32. The van der Waals surface area contributed by atoms with Crippen LogP contribution in [0.3, 0.4) is 0 Å². The average Bonchev–Trinajstić information content (AvgIpc) is 2.46. The molecule has 8 heteroatoms. The number of nitrogens with zero attached hydrogens (tertiary/aromatic N) is 4. The SMILES string of the molecule is N=C(N=NC(=N)N1CCNCC1)N1CCNCC1. The van der Waals surface area contributed by atoms with Crippen LogP contribution >= 0.6 is 0 Å². The predicted molar refractivity (Wildman–Crippen MR) is 69.2 cm³/mol. The summed E-state index contributed by atoms with van der Waals surface area (Å²) >= 11 is 0. The molecule has 0 unspecified atom stereocenters. The molecular weight excluding hydrogens is 232 g/mol. The van der Waals surface area contributed by atoms with Crippen molar-refractivity contribution in [3.05, 3.63) is 0 Å². The Morgan fingerprint density at radius 1 is 0.722 bits per heavy atom. The minimum absolute atomic E-state index is 0.149. The number of guanidine groups is 2. The van der Waals surface area contributed by atoms with Crippen molar-refractivity contribution >= 4 is 11.9 Å². The zero-order valence-corrected chi connectivity index (χ0v) is 10.4. The summed E-state index contributed by atoms with van der Waals surface area (Å²) in [4.78, 5) is 3.73. The highest BCUT2D eigenvalue weighted by Gasteiger charge is 2.15. The van der Waals surface area contributed by atoms with E-state index >= 15 is 0 Å². The van der Waals surface area contributed by atoms with Crippen molar-refractivity contribution in [2.75, 3.05) is 52.4 Å². The topological polar surface area (TPSA) is 103 Å². The number of rotatable bonds is 0. The molecule has 18 heavy (non-hydrogen) atoms. The molecule has 0 aromatic rings. The molecule has 0 radical (unpaired) electrons. The first-order valence-corrected chi connectivity index (χ1v) is 6.27. The molecule has 2 rings (SSSR count). The van der Waals surface area contributed by atoms with E-state index in [2.05, 4.69) is 20.9 Å². The summed E-state index contributed by atoms with van der Waals surface area (Å²) in [5, 5.41) is 29.7. The predicted octanol–water partition coefficient (Wildman–Crippen LogP) is -0.881. The van der Waals surface area contributed by atoms with Crippen LogP contribution in [0.25, 0.3) is 0 Å². The van der Waals surface area contributed by atoms with Crippen molar-refractivity contribution in [1.29, 1.82) is 10.8 Å². The van der Waals surface area contributed by atoms with E-state index in [0.717, 1.165) is 52.4 Å². The maximum Gasteiger partial charge on any atom is 0.238 e. The molecule has 0 aromatic carbocycles. The van der Waals surface area contributed by atoms with Crippen LogP contribution in [-0.4, -0.2) is 74.1 Å². The van der Waals surface area contributed by atoms with Gasteiger partial charge in [-0.2, -0.15) is 0 Å². The van der Waals surface area contributed by atoms with E-state index in [-0.39, 0.29) is 11.9 Å². The molecule has 0 atom stereocenters. The maximum absolute atomic E-state index is 7.80. The lowest BCUT2D eigenvalue weighted by Crippen LogP contribution is -2.46. The Bertz CT molecular complexity index is 295. The molecule has 2 saturated heterocycles. The van der Waals surface area contributed by atoms with Crippen LogP contribution in [0.15, 0.2) is 10.2 Å². The highest BCUT2D eigenvalue weighted by molar-refractivity contribution is 5.82. The first-order chi connectivity index (χ1) is 8.77. The van der Waals surface area contributed by atoms with Crippen molar-refractivity contribution in [1.82, 2.24) is 20.4 Å². The van der Waals surface area contributed by atoms with Crippen molar-refractivity contribution in [2.45, 2.75) is 0 Å². The molecule has 2 aliphatic heterocycles. The van der Waals surface area contributed by atoms with Crippen LogP contribution in [-0.2, 0) is 0 Å². The third kappa shape index (κ3) is 3.47. The van der Waals surface area contributed by atoms with Gasteiger partial charge in [-0.25, -0.2) is 0 Å². The van der Waals surface area contributed by atoms with Crippen LogP contribution in [0.5, 0.6) is 0 Å². The van der Waals surface area contributed by atoms with Crippen LogP contribution < -0.4 is 10.6 Å². The summed E-state index contributed by atoms with van der Waals surface area (Å²) in [7, 11) is 0. The van der Waals surface area contributed by atoms with Crippen LogP contribution in [0.2, 0.25) is 0 Å². The molecule has 2 aliphatic rings. The Morgan fingerprint density at radius 3 is 1.39 bits per heavy atom. The van der Waals surface area contributed by atoms with Crippen LogP contribution in [0, 0.1) is 10.8 Å². The fourth-order valence-electron chi connectivity index (χ4n) is 1.97. The summed E-state index contributed by atoms with van der Waals surface area (Å²) in [6, 6.07) is 0. The van der Waals surface area contributed by atoms with E-state index < -0.39 is 0 Å². The van der Waals surface area contributed by atoms with Gasteiger partial charge in [0.15, 0.2) is 0 Å². The van der Waals surface area contributed by atoms with E-state index in [4.69, 9.17) is 10.8 Å². The van der Waals surface area contributed by atoms with Gasteiger partial charge in [-0.05, 0) is 0 Å². The van der Waals surface area contributed by atoms with E-state index in [1.807, 2.05) is 9.80 Å². The van der Waals surface area contributed by atoms with Crippen LogP contribution in [0.1, 0.15) is 0 Å². The van der Waals surface area contributed by atoms with Crippen molar-refractivity contribution in [2.24, 2.45) is 10.2 Å². The second kappa shape index (κ2) is 6.41. The largest absolute Gasteiger partial charge is 0.337 e. The smallest absolute Gasteiger partial charge is 0.238 e. The fraction of sp³-hybridized carbons (Fsp3) is 0.800. The van der Waals surface area contributed by atoms with Gasteiger partial charge in [0.05, 0.1) is 0 Å². The number of azo groups is 1. The van der Waals surface area contributed by atoms with Gasteiger partial charge < -0.3 is 20.4 Å². The molecule has 0 spiro atoms. The Hall–Kier alpha value is -1.54. The monoisotopic (exact) mass is 252 g/mol. The Balaban J connectivity index is 1.81. The summed E-state index contributed by atoms with van der Waals surface area (Å²) in [5.41, 5.74) is 0. The summed E-state index contributed by atoms with van der Waals surface area (Å²) < 4.78 is 0. The molecule has 0 aromatic heterocycles. The van der Waals surface area contributed by atoms with E-state index in [0.29, 0.717) is 0 Å². The average molecular weight is 252 g/mol. The normalized spacial score (nSPS) is 21.3. The molecule has 2 heterocycles. The Kier molecular flexibility index (Phi) is 4.59. The van der Waals surface area contributed by atoms with Gasteiger partial charge in [-0.15, -0.1) is 10.2 Å². The molecular formula is C10H20N8. The molecule has 0 bridgehead atoms. The van der Waals surface area contributed by atoms with Crippen molar-refractivity contribution in [3.63, 3.8) is 0 Å². The van der Waals surface area contributed by atoms with Gasteiger partial charge in [-0.1, -0.05) is 0 Å². The van der Waals surface area contributed by atoms with Crippen molar-refractivity contribution < 1.29 is 0 Å². The highest BCUT2D eigenvalue weighted by Crippen LogP contribution is 1.99. The van der Waals surface area contributed by atoms with E-state index in [9.17, 15) is 0 Å². The third-order valence-corrected chi connectivity index (χ3v) is 3.07. The van der Waals surface area contributed by atoms with Crippen LogP contribution in [0.4, 0.5) is 0 Å². The Labute approximate surface area is 106 Å². The van der Waals surface area contributed by atoms with Gasteiger partial charge in [-0.3, -0.25) is 10.8 Å². The van der Waals surface area contributed by atoms with Gasteiger partial charge in [0, 0.05) is 52.4 Å². The number of hydrogen-bond acceptors (Lipinski definition) is 4. The molecule has 8 nitrogen and oxygen atoms in total. The molecule has 2 fully saturated rings. The number of hydrogen-bond donors (Lipinski definition) is 4. The fourth-order valence-corrected chi connectivity index (χ4v) is 1.97. The minimum Gasteiger partial charge on any atom is -0.337 e. The maximum atomic E-state index is 7.80. The van der Waals surface area contributed by atoms with E-state index in [1.165, 1.54) is 0 Å².